The number of likely N-dealkylation sites (N-methyl/N-ethyl adjacent to an activating group) is 1. The summed E-state index contributed by atoms with van der Waals surface area (Å²) in [4.78, 5) is 28.1. The highest BCUT2D eigenvalue weighted by molar-refractivity contribution is 8.23. The molecule has 4 N–H and O–H groups in total. The Morgan fingerprint density at radius 3 is 2.29 bits per heavy atom. The third kappa shape index (κ3) is 6.54. The van der Waals surface area contributed by atoms with Crippen LogP contribution >= 0.6 is 10.8 Å². The highest BCUT2D eigenvalue weighted by atomic mass is 32.3. The number of hydrogen-bond acceptors (Lipinski definition) is 5. The van der Waals surface area contributed by atoms with Crippen LogP contribution in [0.4, 0.5) is 10.5 Å². The number of methoxy groups -OCH3 is 1. The Hall–Kier alpha value is -3.53. The number of anilines is 1. The number of amides is 3. The molecular formula is C26H35N3O5S. The number of hydrogen-bond donors (Lipinski definition) is 4. The summed E-state index contributed by atoms with van der Waals surface area (Å²) in [6, 6.07) is 19.5. The van der Waals surface area contributed by atoms with Crippen LogP contribution in [0.25, 0.3) is 0 Å². The number of carbonyl (C=O) groups excluding carboxylic acids is 2. The number of aryl methyl sites for hydroxylation is 2. The third-order valence-corrected chi connectivity index (χ3v) is 7.16. The van der Waals surface area contributed by atoms with Crippen molar-refractivity contribution < 1.29 is 26.3 Å². The van der Waals surface area contributed by atoms with Crippen molar-refractivity contribution in [2.24, 2.45) is 0 Å². The minimum absolute atomic E-state index is 0. The summed E-state index contributed by atoms with van der Waals surface area (Å²) in [6.45, 7) is 3.59. The lowest BCUT2D eigenvalue weighted by atomic mass is 10.0. The highest BCUT2D eigenvalue weighted by Crippen LogP contribution is 2.45. The van der Waals surface area contributed by atoms with Gasteiger partial charge in [-0.3, -0.25) is 13.9 Å². The van der Waals surface area contributed by atoms with Crippen LogP contribution in [0.5, 0.6) is 5.75 Å². The van der Waals surface area contributed by atoms with Gasteiger partial charge in [-0.1, -0.05) is 59.3 Å². The maximum Gasteiger partial charge on any atom is 0.334 e. The van der Waals surface area contributed by atoms with E-state index in [2.05, 4.69) is 10.0 Å². The van der Waals surface area contributed by atoms with Crippen LogP contribution in [-0.2, 0) is 11.2 Å². The van der Waals surface area contributed by atoms with E-state index in [1.54, 1.807) is 51.4 Å². The number of nitrogens with zero attached hydrogens (tertiary/aromatic N) is 1. The van der Waals surface area contributed by atoms with Crippen molar-refractivity contribution in [3.05, 3.63) is 89.5 Å². The molecule has 0 aromatic heterocycles. The minimum Gasteiger partial charge on any atom is -0.497 e. The van der Waals surface area contributed by atoms with Crippen LogP contribution in [0.1, 0.15) is 19.5 Å². The molecule has 3 rings (SSSR count). The summed E-state index contributed by atoms with van der Waals surface area (Å²) in [7, 11) is -0.415. The van der Waals surface area contributed by atoms with Crippen molar-refractivity contribution in [2.45, 2.75) is 31.2 Å². The first-order valence-corrected chi connectivity index (χ1v) is 12.6. The van der Waals surface area contributed by atoms with Gasteiger partial charge in [0, 0.05) is 22.0 Å². The van der Waals surface area contributed by atoms with Crippen LogP contribution in [0.2, 0.25) is 0 Å². The second kappa shape index (κ2) is 11.3. The van der Waals surface area contributed by atoms with Gasteiger partial charge in [0.1, 0.15) is 11.8 Å². The number of urea groups is 1. The van der Waals surface area contributed by atoms with E-state index in [0.29, 0.717) is 17.0 Å². The summed E-state index contributed by atoms with van der Waals surface area (Å²) in [5.41, 5.74) is 2.97. The van der Waals surface area contributed by atoms with Crippen molar-refractivity contribution in [2.75, 3.05) is 19.1 Å². The number of carbonyl (C=O) groups is 2. The Labute approximate surface area is 210 Å². The Kier molecular flexibility index (Phi) is 8.39. The van der Waals surface area contributed by atoms with Gasteiger partial charge in [-0.15, -0.1) is 0 Å². The van der Waals surface area contributed by atoms with E-state index >= 15 is 0 Å². The normalized spacial score (nSPS) is 12.4. The lowest BCUT2D eigenvalue weighted by molar-refractivity contribution is -0.120. The van der Waals surface area contributed by atoms with E-state index in [1.807, 2.05) is 43.3 Å². The fourth-order valence-corrected chi connectivity index (χ4v) is 4.99. The smallest absolute Gasteiger partial charge is 0.334 e. The Bertz CT molecular complexity index is 1200. The van der Waals surface area contributed by atoms with E-state index in [9.17, 15) is 18.7 Å². The average Bonchev–Trinajstić information content (AvgIpc) is 2.83. The van der Waals surface area contributed by atoms with Crippen molar-refractivity contribution in [1.29, 1.82) is 0 Å². The molecule has 0 radical (unpaired) electrons. The molecule has 9 heteroatoms. The monoisotopic (exact) mass is 501 g/mol. The lowest BCUT2D eigenvalue weighted by Crippen LogP contribution is -2.52. The van der Waals surface area contributed by atoms with Crippen molar-refractivity contribution in [1.82, 2.24) is 10.0 Å². The van der Waals surface area contributed by atoms with Gasteiger partial charge in [-0.05, 0) is 54.8 Å². The number of ether oxygens (including phenoxy) is 1. The quantitative estimate of drug-likeness (QED) is 0.330. The Morgan fingerprint density at radius 2 is 1.66 bits per heavy atom. The molecule has 0 aliphatic heterocycles. The molecule has 190 valence electrons. The topological polar surface area (TPSA) is 111 Å². The minimum atomic E-state index is -3.62. The van der Waals surface area contributed by atoms with Gasteiger partial charge in [-0.2, -0.15) is 0 Å². The summed E-state index contributed by atoms with van der Waals surface area (Å²) < 4.78 is 28.7. The fraction of sp³-hybridized carbons (Fsp3) is 0.231. The lowest BCUT2D eigenvalue weighted by Gasteiger charge is -2.34. The zero-order valence-electron chi connectivity index (χ0n) is 20.2. The molecule has 0 saturated carbocycles. The predicted molar refractivity (Wildman–Crippen MR) is 143 cm³/mol. The van der Waals surface area contributed by atoms with Crippen LogP contribution in [0, 0.1) is 13.8 Å². The van der Waals surface area contributed by atoms with Crippen LogP contribution < -0.4 is 19.7 Å². The molecule has 1 unspecified atom stereocenters. The molecular weight excluding hydrogens is 466 g/mol. The zero-order chi connectivity index (χ0) is 25.6. The van der Waals surface area contributed by atoms with Gasteiger partial charge in [0.25, 0.3) is 0 Å². The van der Waals surface area contributed by atoms with Crippen LogP contribution in [0.3, 0.4) is 0 Å². The molecule has 0 saturated heterocycles. The first kappa shape index (κ1) is 26.1. The maximum absolute atomic E-state index is 13.5. The second-order valence-electron chi connectivity index (χ2n) is 8.18. The Morgan fingerprint density at radius 1 is 1.00 bits per heavy atom. The molecule has 3 aromatic carbocycles. The van der Waals surface area contributed by atoms with Crippen molar-refractivity contribution >= 4 is 28.4 Å². The van der Waals surface area contributed by atoms with E-state index in [0.717, 1.165) is 11.1 Å². The van der Waals surface area contributed by atoms with E-state index in [4.69, 9.17) is 4.74 Å². The number of nitrogens with one attached hydrogen (secondary N) is 2. The molecule has 0 aliphatic rings. The van der Waals surface area contributed by atoms with Crippen molar-refractivity contribution in [3.63, 3.8) is 0 Å². The van der Waals surface area contributed by atoms with Gasteiger partial charge >= 0.3 is 6.03 Å². The molecule has 0 bridgehead atoms. The summed E-state index contributed by atoms with van der Waals surface area (Å²) >= 11 is 0. The highest BCUT2D eigenvalue weighted by Gasteiger charge is 2.28. The van der Waals surface area contributed by atoms with Crippen molar-refractivity contribution in [3.8, 4) is 5.75 Å². The standard InChI is InChI=1S/C26H31N3O5S.2H2/c1-18-10-8-9-13-24(18)35(32,33)28-26(31)27-22(17-20-11-6-5-7-12-20)25(30)29(3)23-15-14-21(34-4)16-19(23)2;;/h5-16,22,32-33H,17H2,1-4H3,(H2,27,28,31);2*1H. The van der Waals surface area contributed by atoms with Gasteiger partial charge < -0.3 is 15.0 Å². The largest absolute Gasteiger partial charge is 0.497 e. The molecule has 0 spiro atoms. The Balaban J connectivity index is 0.00000342. The summed E-state index contributed by atoms with van der Waals surface area (Å²) in [5, 5.41) is 2.64. The molecule has 0 fully saturated rings. The zero-order valence-corrected chi connectivity index (χ0v) is 21.0. The number of rotatable bonds is 8. The first-order chi connectivity index (χ1) is 16.6. The summed E-state index contributed by atoms with van der Waals surface area (Å²) in [5.74, 6) is 0.316. The van der Waals surface area contributed by atoms with Crippen LogP contribution in [-0.4, -0.2) is 41.2 Å². The fourth-order valence-electron chi connectivity index (χ4n) is 3.78. The molecule has 0 heterocycles. The average molecular weight is 502 g/mol. The molecule has 35 heavy (non-hydrogen) atoms. The second-order valence-corrected chi connectivity index (χ2v) is 9.92. The van der Waals surface area contributed by atoms with E-state index in [-0.39, 0.29) is 20.1 Å². The SMILES string of the molecule is COc1ccc(N(C)C(=O)C(Cc2ccccc2)NC(=O)NS(O)(O)c2ccccc2C)c(C)c1.[HH].[HH]. The maximum atomic E-state index is 13.5. The van der Waals surface area contributed by atoms with E-state index in [1.165, 1.54) is 11.0 Å². The van der Waals surface area contributed by atoms with Gasteiger partial charge in [0.15, 0.2) is 0 Å². The molecule has 3 aromatic rings. The van der Waals surface area contributed by atoms with Gasteiger partial charge in [0.2, 0.25) is 5.91 Å². The molecule has 1 atom stereocenters. The molecule has 0 aliphatic carbocycles. The van der Waals surface area contributed by atoms with Gasteiger partial charge in [-0.25, -0.2) is 9.52 Å². The summed E-state index contributed by atoms with van der Waals surface area (Å²) in [6.07, 6.45) is 0.218. The first-order valence-electron chi connectivity index (χ1n) is 11.0. The van der Waals surface area contributed by atoms with E-state index < -0.39 is 22.8 Å². The van der Waals surface area contributed by atoms with Crippen LogP contribution in [0.15, 0.2) is 77.7 Å². The third-order valence-electron chi connectivity index (χ3n) is 5.62. The predicted octanol–water partition coefficient (Wildman–Crippen LogP) is 5.40. The van der Waals surface area contributed by atoms with Gasteiger partial charge in [0.05, 0.1) is 12.0 Å². The molecule has 3 amide bonds. The number of benzene rings is 3. The molecule has 8 nitrogen and oxygen atoms in total.